The van der Waals surface area contributed by atoms with Gasteiger partial charge < -0.3 is 15.0 Å². The number of nitrogens with zero attached hydrogens (tertiary/aromatic N) is 2. The quantitative estimate of drug-likeness (QED) is 0.876. The number of H-pyrrole nitrogens is 1. The van der Waals surface area contributed by atoms with Crippen LogP contribution in [0.2, 0.25) is 0 Å². The first-order valence-electron chi connectivity index (χ1n) is 9.48. The Morgan fingerprint density at radius 1 is 1.19 bits per heavy atom. The van der Waals surface area contributed by atoms with Gasteiger partial charge in [-0.25, -0.2) is 4.98 Å². The van der Waals surface area contributed by atoms with Gasteiger partial charge in [0.25, 0.3) is 5.56 Å². The van der Waals surface area contributed by atoms with Gasteiger partial charge in [-0.3, -0.25) is 9.69 Å². The fourth-order valence-electron chi connectivity index (χ4n) is 3.83. The Kier molecular flexibility index (Phi) is 5.43. The summed E-state index contributed by atoms with van der Waals surface area (Å²) in [5.41, 5.74) is 2.12. The summed E-state index contributed by atoms with van der Waals surface area (Å²) in [6.45, 7) is 5.15. The van der Waals surface area contributed by atoms with Gasteiger partial charge >= 0.3 is 0 Å². The van der Waals surface area contributed by atoms with E-state index in [0.29, 0.717) is 18.3 Å². The highest BCUT2D eigenvalue weighted by molar-refractivity contribution is 5.15. The van der Waals surface area contributed by atoms with Crippen molar-refractivity contribution in [3.8, 4) is 0 Å². The molecule has 2 fully saturated rings. The molecule has 6 heteroatoms. The normalized spacial score (nSPS) is 22.4. The summed E-state index contributed by atoms with van der Waals surface area (Å²) >= 11 is 0. The Morgan fingerprint density at radius 2 is 2.00 bits per heavy atom. The van der Waals surface area contributed by atoms with Gasteiger partial charge in [-0.1, -0.05) is 30.3 Å². The van der Waals surface area contributed by atoms with Crippen LogP contribution in [-0.4, -0.2) is 47.7 Å². The summed E-state index contributed by atoms with van der Waals surface area (Å²) in [6.07, 6.45) is 1.88. The number of benzene rings is 1. The minimum atomic E-state index is -0.179. The topological polar surface area (TPSA) is 70.2 Å². The van der Waals surface area contributed by atoms with Gasteiger partial charge in [-0.15, -0.1) is 0 Å². The zero-order valence-electron chi connectivity index (χ0n) is 15.0. The van der Waals surface area contributed by atoms with E-state index in [4.69, 9.17) is 9.72 Å². The highest BCUT2D eigenvalue weighted by Crippen LogP contribution is 2.25. The Hall–Kier alpha value is -2.02. The Bertz CT molecular complexity index is 771. The van der Waals surface area contributed by atoms with Crippen molar-refractivity contribution in [2.75, 3.05) is 32.8 Å². The smallest absolute Gasteiger partial charge is 0.251 e. The number of nitrogens with one attached hydrogen (secondary N) is 2. The molecular weight excluding hydrogens is 328 g/mol. The second kappa shape index (κ2) is 8.12. The summed E-state index contributed by atoms with van der Waals surface area (Å²) in [5.74, 6) is 1.03. The van der Waals surface area contributed by atoms with Crippen LogP contribution >= 0.6 is 0 Å². The maximum atomic E-state index is 12.2. The van der Waals surface area contributed by atoms with Gasteiger partial charge in [0, 0.05) is 31.6 Å². The summed E-state index contributed by atoms with van der Waals surface area (Å²) in [4.78, 5) is 22.2. The minimum Gasteiger partial charge on any atom is -0.368 e. The molecule has 2 N–H and O–H groups in total. The fourth-order valence-corrected chi connectivity index (χ4v) is 3.83. The lowest BCUT2D eigenvalue weighted by Crippen LogP contribution is -2.39. The molecule has 1 aromatic carbocycles. The van der Waals surface area contributed by atoms with E-state index in [-0.39, 0.29) is 11.7 Å². The zero-order chi connectivity index (χ0) is 17.8. The number of aromatic nitrogens is 2. The van der Waals surface area contributed by atoms with Gasteiger partial charge in [0.1, 0.15) is 11.9 Å². The predicted molar refractivity (Wildman–Crippen MR) is 100 cm³/mol. The molecule has 1 atom stereocenters. The molecule has 1 unspecified atom stereocenters. The molecule has 1 aromatic heterocycles. The minimum absolute atomic E-state index is 0.0766. The van der Waals surface area contributed by atoms with Crippen LogP contribution in [-0.2, 0) is 11.3 Å². The van der Waals surface area contributed by atoms with E-state index in [1.54, 1.807) is 6.07 Å². The van der Waals surface area contributed by atoms with Crippen molar-refractivity contribution in [2.24, 2.45) is 0 Å². The number of piperidine rings is 1. The molecule has 0 saturated carbocycles. The molecule has 26 heavy (non-hydrogen) atoms. The van der Waals surface area contributed by atoms with Gasteiger partial charge in [0.05, 0.1) is 12.3 Å². The monoisotopic (exact) mass is 354 g/mol. The van der Waals surface area contributed by atoms with Crippen molar-refractivity contribution in [3.05, 3.63) is 63.8 Å². The molecule has 0 amide bonds. The van der Waals surface area contributed by atoms with Crippen LogP contribution in [0.1, 0.15) is 41.9 Å². The van der Waals surface area contributed by atoms with E-state index < -0.39 is 0 Å². The van der Waals surface area contributed by atoms with E-state index in [0.717, 1.165) is 51.3 Å². The highest BCUT2D eigenvalue weighted by Gasteiger charge is 2.26. The molecule has 2 aliphatic rings. The molecule has 0 radical (unpaired) electrons. The Morgan fingerprint density at radius 3 is 2.81 bits per heavy atom. The highest BCUT2D eigenvalue weighted by atomic mass is 16.5. The third-order valence-electron chi connectivity index (χ3n) is 5.24. The number of morpholine rings is 1. The summed E-state index contributed by atoms with van der Waals surface area (Å²) in [7, 11) is 0. The first kappa shape index (κ1) is 17.4. The van der Waals surface area contributed by atoms with Gasteiger partial charge in [-0.05, 0) is 31.5 Å². The molecule has 0 aliphatic carbocycles. The SMILES string of the molecule is O=c1cc(C2CCNCC2)nc(C2CN(Cc3ccccc3)CCO2)[nH]1. The van der Waals surface area contributed by atoms with E-state index in [1.807, 2.05) is 6.07 Å². The first-order valence-corrected chi connectivity index (χ1v) is 9.48. The van der Waals surface area contributed by atoms with E-state index >= 15 is 0 Å². The maximum absolute atomic E-state index is 12.2. The number of rotatable bonds is 4. The van der Waals surface area contributed by atoms with Crippen LogP contribution in [0.15, 0.2) is 41.2 Å². The summed E-state index contributed by atoms with van der Waals surface area (Å²) in [5, 5.41) is 3.36. The molecule has 3 heterocycles. The molecule has 4 rings (SSSR count). The lowest BCUT2D eigenvalue weighted by atomic mass is 9.94. The summed E-state index contributed by atoms with van der Waals surface area (Å²) < 4.78 is 5.94. The molecule has 0 spiro atoms. The Balaban J connectivity index is 1.49. The van der Waals surface area contributed by atoms with Crippen molar-refractivity contribution in [1.29, 1.82) is 0 Å². The van der Waals surface area contributed by atoms with E-state index in [1.165, 1.54) is 5.56 Å². The van der Waals surface area contributed by atoms with Crippen molar-refractivity contribution >= 4 is 0 Å². The lowest BCUT2D eigenvalue weighted by molar-refractivity contribution is -0.0374. The van der Waals surface area contributed by atoms with Crippen LogP contribution in [0.4, 0.5) is 0 Å². The average molecular weight is 354 g/mol. The first-order chi connectivity index (χ1) is 12.8. The van der Waals surface area contributed by atoms with Crippen molar-refractivity contribution in [1.82, 2.24) is 20.2 Å². The maximum Gasteiger partial charge on any atom is 0.251 e. The van der Waals surface area contributed by atoms with Gasteiger partial charge in [-0.2, -0.15) is 0 Å². The molecule has 138 valence electrons. The molecular formula is C20H26N4O2. The van der Waals surface area contributed by atoms with Crippen molar-refractivity contribution in [2.45, 2.75) is 31.4 Å². The average Bonchev–Trinajstić information content (AvgIpc) is 2.69. The number of hydrogen-bond donors (Lipinski definition) is 2. The zero-order valence-corrected chi connectivity index (χ0v) is 15.0. The van der Waals surface area contributed by atoms with Crippen LogP contribution in [0.3, 0.4) is 0 Å². The third-order valence-corrected chi connectivity index (χ3v) is 5.24. The van der Waals surface area contributed by atoms with Crippen LogP contribution < -0.4 is 10.9 Å². The van der Waals surface area contributed by atoms with E-state index in [9.17, 15) is 4.79 Å². The molecule has 2 aromatic rings. The molecule has 2 aliphatic heterocycles. The van der Waals surface area contributed by atoms with E-state index in [2.05, 4.69) is 39.5 Å². The second-order valence-electron chi connectivity index (χ2n) is 7.16. The summed E-state index contributed by atoms with van der Waals surface area (Å²) in [6, 6.07) is 12.1. The molecule has 6 nitrogen and oxygen atoms in total. The number of ether oxygens (including phenoxy) is 1. The predicted octanol–water partition coefficient (Wildman–Crippen LogP) is 1.81. The Labute approximate surface area is 153 Å². The van der Waals surface area contributed by atoms with Crippen LogP contribution in [0, 0.1) is 0 Å². The number of hydrogen-bond acceptors (Lipinski definition) is 5. The van der Waals surface area contributed by atoms with Crippen molar-refractivity contribution in [3.63, 3.8) is 0 Å². The molecule has 2 saturated heterocycles. The lowest BCUT2D eigenvalue weighted by Gasteiger charge is -2.32. The second-order valence-corrected chi connectivity index (χ2v) is 7.16. The molecule has 0 bridgehead atoms. The standard InChI is InChI=1S/C20H26N4O2/c25-19-12-17(16-6-8-21-9-7-16)22-20(23-19)18-14-24(10-11-26-18)13-15-4-2-1-3-5-15/h1-5,12,16,18,21H,6-11,13-14H2,(H,22,23,25). The fraction of sp³-hybridized carbons (Fsp3) is 0.500. The van der Waals surface area contributed by atoms with Crippen molar-refractivity contribution < 1.29 is 4.74 Å². The van der Waals surface area contributed by atoms with Gasteiger partial charge in [0.15, 0.2) is 0 Å². The van der Waals surface area contributed by atoms with Gasteiger partial charge in [0.2, 0.25) is 0 Å². The largest absolute Gasteiger partial charge is 0.368 e. The third kappa shape index (κ3) is 4.20. The van der Waals surface area contributed by atoms with Crippen LogP contribution in [0.25, 0.3) is 0 Å². The van der Waals surface area contributed by atoms with Crippen LogP contribution in [0.5, 0.6) is 0 Å². The number of aromatic amines is 1.